The molecular formula is C14H19O3PS. The fourth-order valence-corrected chi connectivity index (χ4v) is 5.05. The molecule has 1 aromatic carbocycles. The molecule has 0 saturated heterocycles. The van der Waals surface area contributed by atoms with Crippen LogP contribution in [0.1, 0.15) is 20.3 Å². The standard InChI is InChI=1S/C14H19O3PS/c1-4-10-14(18(15,16-5-2)17-6-3)19-13-11-8-7-9-12-13/h1,7-9,11-12,14H,5-6,10H2,2-3H3. The molecule has 0 aliphatic heterocycles. The Morgan fingerprint density at radius 3 is 2.32 bits per heavy atom. The molecule has 1 aromatic rings. The first-order chi connectivity index (χ1) is 9.16. The first-order valence-corrected chi connectivity index (χ1v) is 8.69. The number of hydrogen-bond donors (Lipinski definition) is 0. The van der Waals surface area contributed by atoms with E-state index in [2.05, 4.69) is 5.92 Å². The number of hydrogen-bond acceptors (Lipinski definition) is 4. The van der Waals surface area contributed by atoms with Crippen molar-refractivity contribution in [3.63, 3.8) is 0 Å². The van der Waals surface area contributed by atoms with Crippen LogP contribution in [-0.2, 0) is 13.6 Å². The van der Waals surface area contributed by atoms with Gasteiger partial charge in [-0.3, -0.25) is 4.57 Å². The highest BCUT2D eigenvalue weighted by Crippen LogP contribution is 2.59. The Labute approximate surface area is 119 Å². The Morgan fingerprint density at radius 1 is 1.26 bits per heavy atom. The number of rotatable bonds is 8. The lowest BCUT2D eigenvalue weighted by molar-refractivity contribution is 0.218. The van der Waals surface area contributed by atoms with Gasteiger partial charge in [0, 0.05) is 11.3 Å². The van der Waals surface area contributed by atoms with E-state index in [1.165, 1.54) is 11.8 Å². The van der Waals surface area contributed by atoms with Crippen molar-refractivity contribution < 1.29 is 13.6 Å². The third-order valence-corrected chi connectivity index (χ3v) is 6.48. The smallest absolute Gasteiger partial charge is 0.308 e. The summed E-state index contributed by atoms with van der Waals surface area (Å²) in [6.07, 6.45) is 5.72. The average molecular weight is 298 g/mol. The van der Waals surface area contributed by atoms with Crippen LogP contribution in [0.2, 0.25) is 0 Å². The zero-order chi connectivity index (χ0) is 14.1. The van der Waals surface area contributed by atoms with Crippen LogP contribution < -0.4 is 0 Å². The van der Waals surface area contributed by atoms with E-state index in [0.717, 1.165) is 4.90 Å². The molecule has 0 radical (unpaired) electrons. The van der Waals surface area contributed by atoms with E-state index >= 15 is 0 Å². The summed E-state index contributed by atoms with van der Waals surface area (Å²) in [5.41, 5.74) is 0. The maximum atomic E-state index is 12.7. The molecule has 0 heterocycles. The Bertz CT molecular complexity index is 446. The molecule has 1 atom stereocenters. The Hall–Kier alpha value is -0.720. The summed E-state index contributed by atoms with van der Waals surface area (Å²) in [5.74, 6) is 2.56. The Balaban J connectivity index is 2.91. The summed E-state index contributed by atoms with van der Waals surface area (Å²) in [6, 6.07) is 9.71. The van der Waals surface area contributed by atoms with Crippen LogP contribution in [-0.4, -0.2) is 18.2 Å². The van der Waals surface area contributed by atoms with Gasteiger partial charge < -0.3 is 9.05 Å². The van der Waals surface area contributed by atoms with Crippen molar-refractivity contribution >= 4 is 19.4 Å². The molecule has 0 N–H and O–H groups in total. The number of terminal acetylenes is 1. The summed E-state index contributed by atoms with van der Waals surface area (Å²) in [7, 11) is -3.19. The molecule has 0 amide bonds. The van der Waals surface area contributed by atoms with E-state index < -0.39 is 7.60 Å². The molecule has 0 bridgehead atoms. The highest BCUT2D eigenvalue weighted by Gasteiger charge is 2.35. The van der Waals surface area contributed by atoms with Crippen LogP contribution in [0.25, 0.3) is 0 Å². The summed E-state index contributed by atoms with van der Waals surface area (Å²) < 4.78 is 23.5. The Kier molecular flexibility index (Phi) is 7.27. The van der Waals surface area contributed by atoms with E-state index in [1.807, 2.05) is 30.3 Å². The first kappa shape index (κ1) is 16.3. The molecule has 3 nitrogen and oxygen atoms in total. The fourth-order valence-electron chi connectivity index (χ4n) is 1.54. The van der Waals surface area contributed by atoms with Crippen LogP contribution in [0, 0.1) is 12.3 Å². The van der Waals surface area contributed by atoms with Gasteiger partial charge in [0.1, 0.15) is 4.99 Å². The maximum Gasteiger partial charge on any atom is 0.344 e. The van der Waals surface area contributed by atoms with Crippen molar-refractivity contribution in [1.82, 2.24) is 0 Å². The van der Waals surface area contributed by atoms with Gasteiger partial charge in [0.25, 0.3) is 0 Å². The maximum absolute atomic E-state index is 12.7. The summed E-state index contributed by atoms with van der Waals surface area (Å²) in [5, 5.41) is 0. The summed E-state index contributed by atoms with van der Waals surface area (Å²) >= 11 is 1.44. The fraction of sp³-hybridized carbons (Fsp3) is 0.429. The van der Waals surface area contributed by atoms with Gasteiger partial charge in [0.15, 0.2) is 0 Å². The minimum Gasteiger partial charge on any atom is -0.308 e. The minimum atomic E-state index is -3.19. The lowest BCUT2D eigenvalue weighted by atomic mass is 10.4. The third-order valence-electron chi connectivity index (χ3n) is 2.28. The van der Waals surface area contributed by atoms with Crippen molar-refractivity contribution in [3.05, 3.63) is 30.3 Å². The molecule has 0 aliphatic carbocycles. The quantitative estimate of drug-likeness (QED) is 0.405. The molecule has 0 saturated carbocycles. The van der Waals surface area contributed by atoms with Gasteiger partial charge in [-0.2, -0.15) is 0 Å². The van der Waals surface area contributed by atoms with Gasteiger partial charge in [-0.25, -0.2) is 0 Å². The molecule has 104 valence electrons. The summed E-state index contributed by atoms with van der Waals surface area (Å²) in [4.78, 5) is 0.627. The largest absolute Gasteiger partial charge is 0.344 e. The van der Waals surface area contributed by atoms with Gasteiger partial charge in [-0.1, -0.05) is 18.2 Å². The van der Waals surface area contributed by atoms with E-state index in [4.69, 9.17) is 15.5 Å². The van der Waals surface area contributed by atoms with Crippen molar-refractivity contribution in [1.29, 1.82) is 0 Å². The molecule has 5 heteroatoms. The van der Waals surface area contributed by atoms with Gasteiger partial charge in [0.05, 0.1) is 13.2 Å². The van der Waals surface area contributed by atoms with E-state index in [9.17, 15) is 4.57 Å². The highest BCUT2D eigenvalue weighted by molar-refractivity contribution is 8.05. The second kappa shape index (κ2) is 8.45. The molecule has 0 aromatic heterocycles. The monoisotopic (exact) mass is 298 g/mol. The lowest BCUT2D eigenvalue weighted by Gasteiger charge is -2.24. The zero-order valence-electron chi connectivity index (χ0n) is 11.2. The first-order valence-electron chi connectivity index (χ1n) is 6.20. The molecule has 1 rings (SSSR count). The molecule has 1 unspecified atom stereocenters. The van der Waals surface area contributed by atoms with Gasteiger partial charge in [-0.05, 0) is 26.0 Å². The van der Waals surface area contributed by atoms with Crippen molar-refractivity contribution in [2.24, 2.45) is 0 Å². The normalized spacial score (nSPS) is 12.9. The summed E-state index contributed by atoms with van der Waals surface area (Å²) in [6.45, 7) is 4.28. The van der Waals surface area contributed by atoms with E-state index in [1.54, 1.807) is 13.8 Å². The molecule has 0 spiro atoms. The van der Waals surface area contributed by atoms with Gasteiger partial charge >= 0.3 is 7.60 Å². The average Bonchev–Trinajstić information content (AvgIpc) is 2.40. The van der Waals surface area contributed by atoms with Crippen molar-refractivity contribution in [2.45, 2.75) is 30.2 Å². The number of thioether (sulfide) groups is 1. The van der Waals surface area contributed by atoms with Crippen LogP contribution >= 0.6 is 19.4 Å². The second-order valence-corrected chi connectivity index (χ2v) is 7.51. The number of benzene rings is 1. The zero-order valence-corrected chi connectivity index (χ0v) is 13.0. The van der Waals surface area contributed by atoms with Crippen LogP contribution in [0.15, 0.2) is 35.2 Å². The van der Waals surface area contributed by atoms with Crippen molar-refractivity contribution in [3.8, 4) is 12.3 Å². The van der Waals surface area contributed by atoms with Crippen LogP contribution in [0.3, 0.4) is 0 Å². The Morgan fingerprint density at radius 2 is 1.84 bits per heavy atom. The van der Waals surface area contributed by atoms with Crippen molar-refractivity contribution in [2.75, 3.05) is 13.2 Å². The molecule has 0 aliphatic rings. The van der Waals surface area contributed by atoms with E-state index in [-0.39, 0.29) is 4.99 Å². The highest BCUT2D eigenvalue weighted by atomic mass is 32.2. The predicted octanol–water partition coefficient (Wildman–Crippen LogP) is 4.39. The minimum absolute atomic E-state index is 0.341. The predicted molar refractivity (Wildman–Crippen MR) is 80.4 cm³/mol. The molecule has 0 fully saturated rings. The third kappa shape index (κ3) is 5.04. The van der Waals surface area contributed by atoms with Gasteiger partial charge in [0.2, 0.25) is 0 Å². The molecule has 19 heavy (non-hydrogen) atoms. The second-order valence-electron chi connectivity index (χ2n) is 3.67. The van der Waals surface area contributed by atoms with Crippen LogP contribution in [0.5, 0.6) is 0 Å². The molecular weight excluding hydrogens is 279 g/mol. The van der Waals surface area contributed by atoms with E-state index in [0.29, 0.717) is 19.6 Å². The van der Waals surface area contributed by atoms with Gasteiger partial charge in [-0.15, -0.1) is 24.1 Å². The SMILES string of the molecule is C#CCC(Sc1ccccc1)P(=O)(OCC)OCC. The topological polar surface area (TPSA) is 35.5 Å². The van der Waals surface area contributed by atoms with Crippen LogP contribution in [0.4, 0.5) is 0 Å². The lowest BCUT2D eigenvalue weighted by Crippen LogP contribution is -2.09.